The van der Waals surface area contributed by atoms with E-state index in [4.69, 9.17) is 9.47 Å². The van der Waals surface area contributed by atoms with Crippen molar-refractivity contribution in [2.45, 2.75) is 33.6 Å². The Hall–Kier alpha value is -2.56. The second-order valence-corrected chi connectivity index (χ2v) is 7.61. The van der Waals surface area contributed by atoms with Crippen molar-refractivity contribution in [2.24, 2.45) is 5.41 Å². The lowest BCUT2D eigenvalue weighted by Crippen LogP contribution is -2.27. The minimum Gasteiger partial charge on any atom is -0.465 e. The van der Waals surface area contributed by atoms with Gasteiger partial charge in [-0.05, 0) is 35.5 Å². The predicted molar refractivity (Wildman–Crippen MR) is 106 cm³/mol. The lowest BCUT2D eigenvalue weighted by Gasteiger charge is -2.28. The molecule has 27 heavy (non-hydrogen) atoms. The minimum atomic E-state index is -0.679. The third-order valence-corrected chi connectivity index (χ3v) is 4.66. The molecular weight excluding hydrogens is 342 g/mol. The maximum Gasteiger partial charge on any atom is 0.347 e. The average molecular weight is 371 g/mol. The van der Waals surface area contributed by atoms with Crippen LogP contribution in [0.4, 0.5) is 0 Å². The molecule has 1 aliphatic rings. The highest BCUT2D eigenvalue weighted by Crippen LogP contribution is 2.36. The Bertz CT molecular complexity index is 717. The summed E-state index contributed by atoms with van der Waals surface area (Å²) in [6.45, 7) is 7.92. The molecule has 0 radical (unpaired) electrons. The first-order chi connectivity index (χ1) is 12.8. The Kier molecular flexibility index (Phi) is 6.83. The van der Waals surface area contributed by atoms with Crippen LogP contribution in [0, 0.1) is 5.41 Å². The Morgan fingerprint density at radius 3 is 1.93 bits per heavy atom. The predicted octanol–water partition coefficient (Wildman–Crippen LogP) is 3.81. The molecule has 1 fully saturated rings. The zero-order chi connectivity index (χ0) is 20.0. The molecule has 1 aromatic rings. The lowest BCUT2D eigenvalue weighted by atomic mass is 9.81. The van der Waals surface area contributed by atoms with E-state index >= 15 is 0 Å². The third kappa shape index (κ3) is 5.00. The Balaban J connectivity index is 2.74. The van der Waals surface area contributed by atoms with Crippen LogP contribution in [0.25, 0.3) is 5.57 Å². The van der Waals surface area contributed by atoms with Crippen LogP contribution in [0.15, 0.2) is 47.7 Å². The summed E-state index contributed by atoms with van der Waals surface area (Å²) in [6, 6.07) is 10.0. The highest BCUT2D eigenvalue weighted by Gasteiger charge is 2.30. The van der Waals surface area contributed by atoms with Gasteiger partial charge in [-0.1, -0.05) is 51.1 Å². The van der Waals surface area contributed by atoms with Crippen LogP contribution < -0.4 is 0 Å². The standard InChI is InChI=1S/C22H29NO4/c1-22(2,3)17(16-11-7-6-8-12-16)15-18(23-13-9-10-14-23)19(20(24)26-4)21(25)27-5/h6-8,11-12,15H,9-10,13-14H2,1-5H3/b17-15+. The van der Waals surface area contributed by atoms with Gasteiger partial charge in [0, 0.05) is 13.1 Å². The molecule has 1 saturated heterocycles. The van der Waals surface area contributed by atoms with E-state index in [0.29, 0.717) is 5.70 Å². The monoisotopic (exact) mass is 371 g/mol. The number of carbonyl (C=O) groups excluding carboxylic acids is 2. The summed E-state index contributed by atoms with van der Waals surface area (Å²) >= 11 is 0. The molecular formula is C22H29NO4. The summed E-state index contributed by atoms with van der Waals surface area (Å²) < 4.78 is 9.79. The molecule has 0 unspecified atom stereocenters. The summed E-state index contributed by atoms with van der Waals surface area (Å²) in [7, 11) is 2.55. The normalized spacial score (nSPS) is 14.7. The van der Waals surface area contributed by atoms with Gasteiger partial charge in [0.25, 0.3) is 0 Å². The van der Waals surface area contributed by atoms with Crippen molar-refractivity contribution in [3.05, 3.63) is 53.2 Å². The van der Waals surface area contributed by atoms with Gasteiger partial charge in [-0.25, -0.2) is 9.59 Å². The van der Waals surface area contributed by atoms with Crippen LogP contribution >= 0.6 is 0 Å². The summed E-state index contributed by atoms with van der Waals surface area (Å²) in [5, 5.41) is 0. The van der Waals surface area contributed by atoms with Gasteiger partial charge in [-0.3, -0.25) is 0 Å². The van der Waals surface area contributed by atoms with E-state index in [9.17, 15) is 9.59 Å². The number of methoxy groups -OCH3 is 2. The fourth-order valence-corrected chi connectivity index (χ4v) is 3.26. The molecule has 2 rings (SSSR count). The lowest BCUT2D eigenvalue weighted by molar-refractivity contribution is -0.144. The van der Waals surface area contributed by atoms with Crippen LogP contribution in [0.1, 0.15) is 39.2 Å². The Labute approximate surface area is 161 Å². The molecule has 0 saturated carbocycles. The van der Waals surface area contributed by atoms with Crippen molar-refractivity contribution in [3.8, 4) is 0 Å². The van der Waals surface area contributed by atoms with Gasteiger partial charge in [0.1, 0.15) is 0 Å². The number of benzene rings is 1. The second-order valence-electron chi connectivity index (χ2n) is 7.61. The molecule has 0 aromatic heterocycles. The molecule has 0 spiro atoms. The van der Waals surface area contributed by atoms with Gasteiger partial charge in [0.15, 0.2) is 5.57 Å². The highest BCUT2D eigenvalue weighted by atomic mass is 16.5. The smallest absolute Gasteiger partial charge is 0.347 e. The topological polar surface area (TPSA) is 55.8 Å². The highest BCUT2D eigenvalue weighted by molar-refractivity contribution is 6.15. The van der Waals surface area contributed by atoms with Crippen molar-refractivity contribution in [1.29, 1.82) is 0 Å². The van der Waals surface area contributed by atoms with E-state index in [-0.39, 0.29) is 11.0 Å². The number of esters is 2. The maximum atomic E-state index is 12.4. The molecule has 0 aliphatic carbocycles. The second kappa shape index (κ2) is 8.89. The fraction of sp³-hybridized carbons (Fsp3) is 0.455. The van der Waals surface area contributed by atoms with Gasteiger partial charge < -0.3 is 14.4 Å². The van der Waals surface area contributed by atoms with E-state index in [0.717, 1.165) is 37.1 Å². The average Bonchev–Trinajstić information content (AvgIpc) is 3.18. The molecule has 0 N–H and O–H groups in total. The van der Waals surface area contributed by atoms with Gasteiger partial charge >= 0.3 is 11.9 Å². The molecule has 0 amide bonds. The molecule has 1 heterocycles. The van der Waals surface area contributed by atoms with Crippen LogP contribution in [-0.4, -0.2) is 44.1 Å². The molecule has 5 heteroatoms. The van der Waals surface area contributed by atoms with Crippen LogP contribution in [-0.2, 0) is 19.1 Å². The first-order valence-electron chi connectivity index (χ1n) is 9.23. The molecule has 5 nitrogen and oxygen atoms in total. The molecule has 0 atom stereocenters. The van der Waals surface area contributed by atoms with Gasteiger partial charge in [-0.2, -0.15) is 0 Å². The SMILES string of the molecule is COC(=O)C(C(=O)OC)=C(/C=C(\c1ccccc1)C(C)(C)C)N1CCCC1. The first-order valence-corrected chi connectivity index (χ1v) is 9.23. The van der Waals surface area contributed by atoms with E-state index < -0.39 is 11.9 Å². The Morgan fingerprint density at radius 2 is 1.48 bits per heavy atom. The van der Waals surface area contributed by atoms with Crippen LogP contribution in [0.5, 0.6) is 0 Å². The first kappa shape index (κ1) is 20.7. The summed E-state index contributed by atoms with van der Waals surface area (Å²) in [4.78, 5) is 26.9. The number of rotatable bonds is 5. The number of nitrogens with zero attached hydrogens (tertiary/aromatic N) is 1. The minimum absolute atomic E-state index is 0.0559. The summed E-state index contributed by atoms with van der Waals surface area (Å²) in [6.07, 6.45) is 3.98. The van der Waals surface area contributed by atoms with E-state index in [1.165, 1.54) is 14.2 Å². The van der Waals surface area contributed by atoms with Crippen molar-refractivity contribution in [2.75, 3.05) is 27.3 Å². The van der Waals surface area contributed by atoms with E-state index in [2.05, 4.69) is 25.7 Å². The zero-order valence-electron chi connectivity index (χ0n) is 16.9. The van der Waals surface area contributed by atoms with Crippen molar-refractivity contribution >= 4 is 17.5 Å². The number of ether oxygens (including phenoxy) is 2. The van der Waals surface area contributed by atoms with E-state index in [1.54, 1.807) is 0 Å². The molecule has 1 aliphatic heterocycles. The summed E-state index contributed by atoms with van der Waals surface area (Å²) in [5.74, 6) is -1.36. The van der Waals surface area contributed by atoms with Crippen molar-refractivity contribution in [3.63, 3.8) is 0 Å². The van der Waals surface area contributed by atoms with Gasteiger partial charge in [-0.15, -0.1) is 0 Å². The Morgan fingerprint density at radius 1 is 0.963 bits per heavy atom. The zero-order valence-corrected chi connectivity index (χ0v) is 16.9. The molecule has 0 bridgehead atoms. The fourth-order valence-electron chi connectivity index (χ4n) is 3.26. The number of allylic oxidation sites excluding steroid dienone is 2. The largest absolute Gasteiger partial charge is 0.465 e. The van der Waals surface area contributed by atoms with Crippen molar-refractivity contribution in [1.82, 2.24) is 4.90 Å². The molecule has 1 aromatic carbocycles. The quantitative estimate of drug-likeness (QED) is 0.259. The van der Waals surface area contributed by atoms with Gasteiger partial charge in [0.05, 0.1) is 19.9 Å². The van der Waals surface area contributed by atoms with Crippen molar-refractivity contribution < 1.29 is 19.1 Å². The number of carbonyl (C=O) groups is 2. The third-order valence-electron chi connectivity index (χ3n) is 4.66. The molecule has 146 valence electrons. The van der Waals surface area contributed by atoms with E-state index in [1.807, 2.05) is 36.4 Å². The summed E-state index contributed by atoms with van der Waals surface area (Å²) in [5.41, 5.74) is 2.41. The number of hydrogen-bond acceptors (Lipinski definition) is 5. The van der Waals surface area contributed by atoms with Gasteiger partial charge in [0.2, 0.25) is 0 Å². The number of likely N-dealkylation sites (tertiary alicyclic amines) is 1. The van der Waals surface area contributed by atoms with Crippen LogP contribution in [0.3, 0.4) is 0 Å². The maximum absolute atomic E-state index is 12.4. The van der Waals surface area contributed by atoms with Crippen LogP contribution in [0.2, 0.25) is 0 Å². The number of hydrogen-bond donors (Lipinski definition) is 0.